The number of phosphoric ester groups is 2. The summed E-state index contributed by atoms with van der Waals surface area (Å²) in [5.74, 6) is -2.12. The lowest BCUT2D eigenvalue weighted by molar-refractivity contribution is -0.161. The Balaban J connectivity index is 5.16. The lowest BCUT2D eigenvalue weighted by atomic mass is 10.0. The second-order valence-electron chi connectivity index (χ2n) is 26.0. The van der Waals surface area contributed by atoms with Crippen molar-refractivity contribution in [2.45, 2.75) is 399 Å². The Bertz CT molecular complexity index is 1740. The van der Waals surface area contributed by atoms with Gasteiger partial charge in [-0.15, -0.1) is 0 Å². The Kier molecular flexibility index (Phi) is 65.2. The van der Waals surface area contributed by atoms with Crippen LogP contribution in [0.5, 0.6) is 0 Å². The summed E-state index contributed by atoms with van der Waals surface area (Å²) >= 11 is 0. The maximum atomic E-state index is 13.0. The molecule has 0 rings (SSSR count). The largest absolute Gasteiger partial charge is 0.472 e. The Morgan fingerprint density at radius 2 is 0.440 bits per heavy atom. The highest BCUT2D eigenvalue weighted by molar-refractivity contribution is 7.47. The summed E-state index contributed by atoms with van der Waals surface area (Å²) in [5.41, 5.74) is 0. The molecule has 0 saturated heterocycles. The standard InChI is InChI=1S/C72H140O17P2/c1-5-9-13-17-21-25-27-29-31-33-35-37-39-41-43-47-51-55-59-72(77)89-68(63-83-70(75)57-53-49-46-42-40-38-36-34-32-30-28-26-22-18-14-10-6-2)65-87-91(80,81)85-61-66(73)60-84-90(78,79)86-64-67(88-71(76)58-54-50-45-24-20-16-12-8-4)62-82-69(74)56-52-48-44-23-19-15-11-7-3/h66-68,73H,5-65H2,1-4H3,(H,78,79)(H,80,81)/t66-,67+,68+/m0/s1. The first-order valence-corrected chi connectivity index (χ1v) is 40.8. The maximum absolute atomic E-state index is 13.0. The van der Waals surface area contributed by atoms with Crippen LogP contribution in [0.1, 0.15) is 381 Å². The Morgan fingerprint density at radius 3 is 0.648 bits per heavy atom. The van der Waals surface area contributed by atoms with Crippen molar-refractivity contribution < 1.29 is 80.2 Å². The number of phosphoric acid groups is 2. The number of aliphatic hydroxyl groups is 1. The number of unbranched alkanes of at least 4 members (excludes halogenated alkanes) is 47. The van der Waals surface area contributed by atoms with Crippen LogP contribution in [-0.4, -0.2) is 96.7 Å². The SMILES string of the molecule is CCCCCCCCCCCCCCCCCCCCC(=O)O[C@H](COC(=O)CCCCCCCCCCCCCCCCCCC)COP(=O)(O)OC[C@@H](O)COP(=O)(O)OC[C@@H](COC(=O)CCCCCCCCCC)OC(=O)CCCCCCCCCC. The molecule has 0 spiro atoms. The minimum Gasteiger partial charge on any atom is -0.462 e. The van der Waals surface area contributed by atoms with Gasteiger partial charge < -0.3 is 33.8 Å². The Morgan fingerprint density at radius 1 is 0.264 bits per heavy atom. The highest BCUT2D eigenvalue weighted by Crippen LogP contribution is 2.45. The molecule has 0 aliphatic heterocycles. The van der Waals surface area contributed by atoms with E-state index in [-0.39, 0.29) is 25.7 Å². The molecule has 0 amide bonds. The number of rotatable bonds is 73. The van der Waals surface area contributed by atoms with Crippen molar-refractivity contribution in [3.63, 3.8) is 0 Å². The zero-order valence-corrected chi connectivity index (χ0v) is 60.6. The van der Waals surface area contributed by atoms with Crippen LogP contribution in [0.15, 0.2) is 0 Å². The lowest BCUT2D eigenvalue weighted by Crippen LogP contribution is -2.30. The molecular formula is C72H140O17P2. The first-order chi connectivity index (χ1) is 44.2. The van der Waals surface area contributed by atoms with Gasteiger partial charge in [-0.2, -0.15) is 0 Å². The Hall–Kier alpha value is -1.94. The van der Waals surface area contributed by atoms with Crippen LogP contribution in [-0.2, 0) is 65.4 Å². The van der Waals surface area contributed by atoms with Crippen molar-refractivity contribution in [1.82, 2.24) is 0 Å². The van der Waals surface area contributed by atoms with E-state index in [2.05, 4.69) is 27.7 Å². The summed E-state index contributed by atoms with van der Waals surface area (Å²) in [6, 6.07) is 0. The maximum Gasteiger partial charge on any atom is 0.472 e. The average molecular weight is 1340 g/mol. The lowest BCUT2D eigenvalue weighted by Gasteiger charge is -2.21. The molecule has 0 aromatic carbocycles. The van der Waals surface area contributed by atoms with E-state index < -0.39 is 97.5 Å². The van der Waals surface area contributed by atoms with Gasteiger partial charge in [-0.25, -0.2) is 9.13 Å². The zero-order chi connectivity index (χ0) is 66.8. The molecule has 0 aromatic heterocycles. The summed E-state index contributed by atoms with van der Waals surface area (Å²) in [7, 11) is -9.89. The smallest absolute Gasteiger partial charge is 0.462 e. The third-order valence-electron chi connectivity index (χ3n) is 16.9. The first-order valence-electron chi connectivity index (χ1n) is 37.8. The zero-order valence-electron chi connectivity index (χ0n) is 58.8. The summed E-state index contributed by atoms with van der Waals surface area (Å²) in [5, 5.41) is 10.6. The van der Waals surface area contributed by atoms with Crippen molar-refractivity contribution >= 4 is 39.5 Å². The molecule has 540 valence electrons. The van der Waals surface area contributed by atoms with Gasteiger partial charge in [0.15, 0.2) is 12.2 Å². The number of aliphatic hydroxyl groups excluding tert-OH is 1. The van der Waals surface area contributed by atoms with Crippen LogP contribution in [0.25, 0.3) is 0 Å². The molecule has 0 saturated carbocycles. The highest BCUT2D eigenvalue weighted by Gasteiger charge is 2.30. The van der Waals surface area contributed by atoms with E-state index in [1.165, 1.54) is 199 Å². The summed E-state index contributed by atoms with van der Waals surface area (Å²) in [4.78, 5) is 72.4. The van der Waals surface area contributed by atoms with Crippen molar-refractivity contribution in [1.29, 1.82) is 0 Å². The second kappa shape index (κ2) is 66.7. The minimum atomic E-state index is -4.95. The molecule has 5 atom stereocenters. The fourth-order valence-electron chi connectivity index (χ4n) is 11.0. The summed E-state index contributed by atoms with van der Waals surface area (Å²) in [6.07, 6.45) is 55.7. The number of carbonyl (C=O) groups excluding carboxylic acids is 4. The van der Waals surface area contributed by atoms with Gasteiger partial charge in [-0.05, 0) is 25.7 Å². The molecule has 19 heteroatoms. The van der Waals surface area contributed by atoms with Crippen LogP contribution in [0.3, 0.4) is 0 Å². The Labute approximate surface area is 556 Å². The fraction of sp³-hybridized carbons (Fsp3) is 0.944. The number of ether oxygens (including phenoxy) is 4. The van der Waals surface area contributed by atoms with Crippen molar-refractivity contribution in [2.24, 2.45) is 0 Å². The molecule has 0 aliphatic carbocycles. The predicted octanol–water partition coefficient (Wildman–Crippen LogP) is 21.1. The van der Waals surface area contributed by atoms with E-state index in [0.717, 1.165) is 103 Å². The third-order valence-corrected chi connectivity index (χ3v) is 18.8. The van der Waals surface area contributed by atoms with Crippen molar-refractivity contribution in [3.05, 3.63) is 0 Å². The van der Waals surface area contributed by atoms with E-state index in [4.69, 9.17) is 37.0 Å². The van der Waals surface area contributed by atoms with Crippen LogP contribution in [0.2, 0.25) is 0 Å². The van der Waals surface area contributed by atoms with Gasteiger partial charge in [0, 0.05) is 25.7 Å². The van der Waals surface area contributed by atoms with E-state index >= 15 is 0 Å². The molecule has 0 fully saturated rings. The predicted molar refractivity (Wildman–Crippen MR) is 368 cm³/mol. The van der Waals surface area contributed by atoms with E-state index in [9.17, 15) is 43.2 Å². The van der Waals surface area contributed by atoms with Crippen molar-refractivity contribution in [3.8, 4) is 0 Å². The van der Waals surface area contributed by atoms with E-state index in [1.54, 1.807) is 0 Å². The molecule has 0 bridgehead atoms. The van der Waals surface area contributed by atoms with Crippen molar-refractivity contribution in [2.75, 3.05) is 39.6 Å². The third kappa shape index (κ3) is 66.5. The second-order valence-corrected chi connectivity index (χ2v) is 28.9. The van der Waals surface area contributed by atoms with Crippen LogP contribution in [0.4, 0.5) is 0 Å². The molecule has 91 heavy (non-hydrogen) atoms. The topological polar surface area (TPSA) is 237 Å². The molecule has 17 nitrogen and oxygen atoms in total. The number of hydrogen-bond donors (Lipinski definition) is 3. The average Bonchev–Trinajstić information content (AvgIpc) is 3.73. The van der Waals surface area contributed by atoms with Gasteiger partial charge in [0.1, 0.15) is 19.3 Å². The number of carbonyl (C=O) groups is 4. The highest BCUT2D eigenvalue weighted by atomic mass is 31.2. The molecule has 0 aromatic rings. The molecular weight excluding hydrogens is 1200 g/mol. The first kappa shape index (κ1) is 89.1. The van der Waals surface area contributed by atoms with Crippen LogP contribution >= 0.6 is 15.6 Å². The van der Waals surface area contributed by atoms with Crippen LogP contribution < -0.4 is 0 Å². The molecule has 0 aliphatic rings. The van der Waals surface area contributed by atoms with Gasteiger partial charge in [-0.3, -0.25) is 37.3 Å². The van der Waals surface area contributed by atoms with Gasteiger partial charge in [0.25, 0.3) is 0 Å². The quantitative estimate of drug-likeness (QED) is 0.0222. The van der Waals surface area contributed by atoms with Gasteiger partial charge in [0.2, 0.25) is 0 Å². The minimum absolute atomic E-state index is 0.105. The molecule has 2 unspecified atom stereocenters. The normalized spacial score (nSPS) is 14.0. The summed E-state index contributed by atoms with van der Waals surface area (Å²) < 4.78 is 68.2. The molecule has 3 N–H and O–H groups in total. The van der Waals surface area contributed by atoms with E-state index in [0.29, 0.717) is 25.7 Å². The number of esters is 4. The fourth-order valence-corrected chi connectivity index (χ4v) is 12.6. The van der Waals surface area contributed by atoms with Gasteiger partial charge in [0.05, 0.1) is 26.4 Å². The van der Waals surface area contributed by atoms with Crippen LogP contribution in [0, 0.1) is 0 Å². The molecule has 0 radical (unpaired) electrons. The molecule has 0 heterocycles. The number of hydrogen-bond acceptors (Lipinski definition) is 15. The van der Waals surface area contributed by atoms with Gasteiger partial charge >= 0.3 is 39.5 Å². The summed E-state index contributed by atoms with van der Waals surface area (Å²) in [6.45, 7) is 4.91. The van der Waals surface area contributed by atoms with E-state index in [1.807, 2.05) is 0 Å². The monoisotopic (exact) mass is 1340 g/mol. The van der Waals surface area contributed by atoms with Gasteiger partial charge in [-0.1, -0.05) is 329 Å².